The van der Waals surface area contributed by atoms with Gasteiger partial charge in [-0.05, 0) is 29.8 Å². The average Bonchev–Trinajstić information content (AvgIpc) is 2.85. The smallest absolute Gasteiger partial charge is 0.336 e. The molecule has 0 aliphatic rings. The van der Waals surface area contributed by atoms with Crippen LogP contribution >= 0.6 is 22.9 Å². The molecule has 0 fully saturated rings. The number of rotatable bonds is 5. The highest BCUT2D eigenvalue weighted by atomic mass is 35.5. The number of aryl methyl sites for hydroxylation is 1. The molecule has 0 unspecified atom stereocenters. The van der Waals surface area contributed by atoms with E-state index in [4.69, 9.17) is 23.1 Å². The van der Waals surface area contributed by atoms with Gasteiger partial charge in [-0.1, -0.05) is 17.7 Å². The van der Waals surface area contributed by atoms with E-state index in [2.05, 4.69) is 9.44 Å². The van der Waals surface area contributed by atoms with E-state index in [0.717, 1.165) is 21.6 Å². The van der Waals surface area contributed by atoms with Crippen LogP contribution < -0.4 is 11.5 Å². The third-order valence-electron chi connectivity index (χ3n) is 2.67. The zero-order valence-corrected chi connectivity index (χ0v) is 13.8. The van der Waals surface area contributed by atoms with Crippen molar-refractivity contribution in [2.45, 2.75) is 6.92 Å². The summed E-state index contributed by atoms with van der Waals surface area (Å²) >= 11 is 7.32. The molecule has 0 bridgehead atoms. The molecule has 0 atom stereocenters. The Morgan fingerprint density at radius 1 is 1.41 bits per heavy atom. The fraction of sp³-hybridized carbons (Fsp3) is 0.167. The summed E-state index contributed by atoms with van der Waals surface area (Å²) in [6, 6.07) is 5.21. The van der Waals surface area contributed by atoms with Gasteiger partial charge in [0.15, 0.2) is 11.5 Å². The van der Waals surface area contributed by atoms with Gasteiger partial charge < -0.3 is 11.5 Å². The Labute approximate surface area is 135 Å². The first-order valence-corrected chi connectivity index (χ1v) is 8.69. The molecule has 2 aromatic rings. The van der Waals surface area contributed by atoms with Crippen LogP contribution in [0.2, 0.25) is 5.02 Å². The predicted octanol–water partition coefficient (Wildman–Crippen LogP) is 1.58. The minimum atomic E-state index is -4.20. The molecule has 7 nitrogen and oxygen atoms in total. The maximum atomic E-state index is 12.1. The molecule has 0 saturated heterocycles. The predicted molar refractivity (Wildman–Crippen MR) is 86.6 cm³/mol. The van der Waals surface area contributed by atoms with E-state index in [9.17, 15) is 13.2 Å². The van der Waals surface area contributed by atoms with Gasteiger partial charge in [-0.25, -0.2) is 0 Å². The second-order valence-electron chi connectivity index (χ2n) is 4.43. The van der Waals surface area contributed by atoms with Crippen molar-refractivity contribution < 1.29 is 17.5 Å². The summed E-state index contributed by atoms with van der Waals surface area (Å²) in [5.74, 6) is -2.05. The van der Waals surface area contributed by atoms with Gasteiger partial charge >= 0.3 is 10.1 Å². The fourth-order valence-electron chi connectivity index (χ4n) is 1.68. The van der Waals surface area contributed by atoms with Gasteiger partial charge in [-0.15, -0.1) is 11.3 Å². The van der Waals surface area contributed by atoms with Gasteiger partial charge in [-0.2, -0.15) is 8.42 Å². The second-order valence-corrected chi connectivity index (χ2v) is 7.45. The lowest BCUT2D eigenvalue weighted by Crippen LogP contribution is -2.24. The average molecular weight is 362 g/mol. The van der Waals surface area contributed by atoms with Crippen molar-refractivity contribution in [3.05, 3.63) is 33.7 Å². The van der Waals surface area contributed by atoms with Crippen LogP contribution in [0.4, 0.5) is 0 Å². The molecule has 2 rings (SSSR count). The maximum Gasteiger partial charge on any atom is 0.336 e. The molecule has 0 aliphatic heterocycles. The van der Waals surface area contributed by atoms with E-state index < -0.39 is 27.6 Å². The Balaban J connectivity index is 2.27. The minimum absolute atomic E-state index is 0.263. The van der Waals surface area contributed by atoms with Crippen LogP contribution in [0, 0.1) is 6.92 Å². The first kappa shape index (κ1) is 16.5. The van der Waals surface area contributed by atoms with Gasteiger partial charge in [0.2, 0.25) is 5.96 Å². The molecule has 1 heterocycles. The van der Waals surface area contributed by atoms with Crippen LogP contribution in [0.15, 0.2) is 23.4 Å². The molecule has 1 aromatic heterocycles. The Hall–Kier alpha value is -1.84. The summed E-state index contributed by atoms with van der Waals surface area (Å²) in [4.78, 5) is 12.3. The molecular formula is C12H12ClN3O4S2. The first-order chi connectivity index (χ1) is 10.2. The summed E-state index contributed by atoms with van der Waals surface area (Å²) in [5.41, 5.74) is 10.8. The van der Waals surface area contributed by atoms with Crippen LogP contribution in [0.3, 0.4) is 0 Å². The number of ketones is 1. The van der Waals surface area contributed by atoms with E-state index in [1.165, 1.54) is 0 Å². The van der Waals surface area contributed by atoms with Crippen LogP contribution in [-0.4, -0.2) is 25.9 Å². The highest BCUT2D eigenvalue weighted by Crippen LogP contribution is 2.33. The summed E-state index contributed by atoms with van der Waals surface area (Å²) in [6.07, 6.45) is 0. The molecule has 0 radical (unpaired) electrons. The van der Waals surface area contributed by atoms with E-state index in [1.807, 2.05) is 19.1 Å². The van der Waals surface area contributed by atoms with E-state index in [-0.39, 0.29) is 4.88 Å². The Kier molecular flexibility index (Phi) is 4.59. The first-order valence-electron chi connectivity index (χ1n) is 5.92. The van der Waals surface area contributed by atoms with Crippen LogP contribution in [0.25, 0.3) is 10.1 Å². The van der Waals surface area contributed by atoms with E-state index >= 15 is 0 Å². The monoisotopic (exact) mass is 361 g/mol. The molecule has 1 aromatic carbocycles. The standard InChI is InChI=1S/C12H12ClN3O4S2/c1-6-2-3-9-7(11(6)13)4-10(21-9)8(17)5-22(18,19)20-16-12(14)15/h2-4H,5H2,1H3,(H4,14,15,16). The number of carbonyl (C=O) groups is 1. The Morgan fingerprint density at radius 2 is 2.09 bits per heavy atom. The number of Topliss-reactive ketones (excluding diaryl/α,β-unsaturated/α-hetero) is 1. The normalized spacial score (nSPS) is 11.4. The number of nitrogens with zero attached hydrogens (tertiary/aromatic N) is 1. The van der Waals surface area contributed by atoms with Crippen LogP contribution in [0.5, 0.6) is 0 Å². The van der Waals surface area contributed by atoms with Crippen molar-refractivity contribution in [2.75, 3.05) is 5.75 Å². The zero-order valence-electron chi connectivity index (χ0n) is 11.4. The molecule has 4 N–H and O–H groups in total. The van der Waals surface area contributed by atoms with Gasteiger partial charge in [0.05, 0.1) is 9.90 Å². The third-order valence-corrected chi connectivity index (χ3v) is 5.23. The van der Waals surface area contributed by atoms with E-state index in [0.29, 0.717) is 10.4 Å². The topological polar surface area (TPSA) is 125 Å². The lowest BCUT2D eigenvalue weighted by Gasteiger charge is -1.99. The largest absolute Gasteiger partial charge is 0.367 e. The number of hydrogen-bond donors (Lipinski definition) is 2. The number of fused-ring (bicyclic) bond motifs is 1. The molecule has 0 aliphatic carbocycles. The van der Waals surface area contributed by atoms with Crippen molar-refractivity contribution in [2.24, 2.45) is 16.6 Å². The molecular weight excluding hydrogens is 350 g/mol. The molecule has 0 saturated carbocycles. The molecule has 22 heavy (non-hydrogen) atoms. The SMILES string of the molecule is Cc1ccc2sc(C(=O)CS(=O)(=O)ON=C(N)N)cc2c1Cl. The van der Waals surface area contributed by atoms with Gasteiger partial charge in [0, 0.05) is 10.1 Å². The van der Waals surface area contributed by atoms with Gasteiger partial charge in [0.1, 0.15) is 0 Å². The number of nitrogens with two attached hydrogens (primary N) is 2. The molecule has 0 amide bonds. The number of oxime groups is 1. The highest BCUT2D eigenvalue weighted by molar-refractivity contribution is 7.87. The van der Waals surface area contributed by atoms with Crippen LogP contribution in [-0.2, 0) is 14.4 Å². The fourth-order valence-corrected chi connectivity index (χ4v) is 3.78. The molecule has 0 spiro atoms. The van der Waals surface area contributed by atoms with Gasteiger partial charge in [-0.3, -0.25) is 9.08 Å². The summed E-state index contributed by atoms with van der Waals surface area (Å²) in [5, 5.41) is 4.17. The van der Waals surface area contributed by atoms with Crippen molar-refractivity contribution >= 4 is 54.9 Å². The number of carbonyl (C=O) groups excluding carboxylic acids is 1. The lowest BCUT2D eigenvalue weighted by atomic mass is 10.2. The van der Waals surface area contributed by atoms with Gasteiger partial charge in [0.25, 0.3) is 0 Å². The van der Waals surface area contributed by atoms with Crippen molar-refractivity contribution in [1.82, 2.24) is 0 Å². The minimum Gasteiger partial charge on any atom is -0.367 e. The number of guanidine groups is 1. The van der Waals surface area contributed by atoms with Crippen molar-refractivity contribution in [3.63, 3.8) is 0 Å². The number of thiophene rings is 1. The summed E-state index contributed by atoms with van der Waals surface area (Å²) in [6.45, 7) is 1.84. The number of halogens is 1. The van der Waals surface area contributed by atoms with Crippen molar-refractivity contribution in [3.8, 4) is 0 Å². The second kappa shape index (κ2) is 6.11. The Morgan fingerprint density at radius 3 is 2.73 bits per heavy atom. The van der Waals surface area contributed by atoms with Crippen LogP contribution in [0.1, 0.15) is 15.2 Å². The number of benzene rings is 1. The summed E-state index contributed by atoms with van der Waals surface area (Å²) in [7, 11) is -4.20. The summed E-state index contributed by atoms with van der Waals surface area (Å²) < 4.78 is 28.1. The Bertz CT molecular complexity index is 870. The highest BCUT2D eigenvalue weighted by Gasteiger charge is 2.22. The number of hydrogen-bond acceptors (Lipinski definition) is 6. The maximum absolute atomic E-state index is 12.1. The quantitative estimate of drug-likeness (QED) is 0.360. The lowest BCUT2D eigenvalue weighted by molar-refractivity contribution is 0.102. The zero-order chi connectivity index (χ0) is 16.5. The molecule has 10 heteroatoms. The molecule has 118 valence electrons. The third kappa shape index (κ3) is 3.67. The van der Waals surface area contributed by atoms with Crippen molar-refractivity contribution in [1.29, 1.82) is 0 Å². The van der Waals surface area contributed by atoms with E-state index in [1.54, 1.807) is 6.07 Å².